The fourth-order valence-electron chi connectivity index (χ4n) is 4.65. The maximum Gasteiger partial charge on any atom is 0.407 e. The van der Waals surface area contributed by atoms with Crippen molar-refractivity contribution in [3.8, 4) is 5.75 Å². The van der Waals surface area contributed by atoms with E-state index in [2.05, 4.69) is 10.6 Å². The van der Waals surface area contributed by atoms with Crippen LogP contribution in [0.5, 0.6) is 5.75 Å². The quantitative estimate of drug-likeness (QED) is 0.575. The van der Waals surface area contributed by atoms with Crippen molar-refractivity contribution in [3.05, 3.63) is 29.8 Å². The molecule has 34 heavy (non-hydrogen) atoms. The maximum atomic E-state index is 13.4. The Balaban J connectivity index is 1.46. The molecule has 2 fully saturated rings. The number of para-hydroxylation sites is 1. The summed E-state index contributed by atoms with van der Waals surface area (Å²) in [6, 6.07) is 4.73. The number of carboxylic acid groups (broad SMARTS) is 1. The van der Waals surface area contributed by atoms with E-state index >= 15 is 0 Å². The molecule has 3 aliphatic heterocycles. The number of rotatable bonds is 5. The zero-order chi connectivity index (χ0) is 24.4. The lowest BCUT2D eigenvalue weighted by Crippen LogP contribution is -2.57. The van der Waals surface area contributed by atoms with Gasteiger partial charge in [-0.1, -0.05) is 18.2 Å². The van der Waals surface area contributed by atoms with Gasteiger partial charge in [0.25, 0.3) is 0 Å². The summed E-state index contributed by atoms with van der Waals surface area (Å²) in [4.78, 5) is 52.7. The second kappa shape index (κ2) is 9.88. The third kappa shape index (κ3) is 4.65. The third-order valence-corrected chi connectivity index (χ3v) is 6.76. The molecular weight excluding hydrogens is 444 g/mol. The molecule has 3 N–H and O–H groups in total. The molecule has 11 heteroatoms. The van der Waals surface area contributed by atoms with E-state index in [1.165, 1.54) is 18.9 Å². The molecule has 0 saturated carbocycles. The average Bonchev–Trinajstić information content (AvgIpc) is 3.19. The van der Waals surface area contributed by atoms with Gasteiger partial charge in [-0.05, 0) is 25.8 Å². The smallest absolute Gasteiger partial charge is 0.407 e. The molecule has 0 aromatic heterocycles. The summed E-state index contributed by atoms with van der Waals surface area (Å²) in [6.45, 7) is 2.17. The molecule has 11 nitrogen and oxygen atoms in total. The SMILES string of the molecule is C[C@@H](C(=O)N[C@H]1CCO[C@H]2CC[C@H](C(=O)N[C@@H]3CCOc4ccccc43)N2C1=O)N(C)C(=O)O. The van der Waals surface area contributed by atoms with E-state index in [-0.39, 0.29) is 25.0 Å². The van der Waals surface area contributed by atoms with Gasteiger partial charge in [0.2, 0.25) is 17.7 Å². The lowest BCUT2D eigenvalue weighted by atomic mass is 10.00. The Morgan fingerprint density at radius 3 is 2.59 bits per heavy atom. The fraction of sp³-hybridized carbons (Fsp3) is 0.565. The zero-order valence-electron chi connectivity index (χ0n) is 19.2. The van der Waals surface area contributed by atoms with E-state index < -0.39 is 42.3 Å². The van der Waals surface area contributed by atoms with Crippen LogP contribution in [0.1, 0.15) is 44.2 Å². The van der Waals surface area contributed by atoms with Crippen molar-refractivity contribution in [2.45, 2.75) is 63.0 Å². The standard InChI is InChI=1S/C23H30N4O7/c1-13(26(2)23(31)32)20(28)25-16-10-12-34-19-8-7-17(27(19)22(16)30)21(29)24-15-9-11-33-18-6-4-3-5-14(15)18/h3-6,13,15-17,19H,7-12H2,1-2H3,(H,24,29)(H,25,28)(H,31,32)/t13-,15+,16-,17+,19-/m0/s1. The van der Waals surface area contributed by atoms with E-state index in [4.69, 9.17) is 14.6 Å². The molecule has 184 valence electrons. The Morgan fingerprint density at radius 1 is 1.09 bits per heavy atom. The summed E-state index contributed by atoms with van der Waals surface area (Å²) in [5.74, 6) is -0.514. The number of amides is 4. The number of carbonyl (C=O) groups is 4. The monoisotopic (exact) mass is 474 g/mol. The normalized spacial score (nSPS) is 26.9. The third-order valence-electron chi connectivity index (χ3n) is 6.76. The molecule has 1 aromatic rings. The summed E-state index contributed by atoms with van der Waals surface area (Å²) in [5, 5.41) is 14.8. The predicted molar refractivity (Wildman–Crippen MR) is 119 cm³/mol. The number of fused-ring (bicyclic) bond motifs is 2. The molecule has 0 bridgehead atoms. The Kier molecular flexibility index (Phi) is 6.92. The molecule has 2 saturated heterocycles. The van der Waals surface area contributed by atoms with Crippen LogP contribution in [-0.2, 0) is 19.1 Å². The number of hydrogen-bond donors (Lipinski definition) is 3. The molecule has 1 aromatic carbocycles. The van der Waals surface area contributed by atoms with Crippen molar-refractivity contribution in [2.75, 3.05) is 20.3 Å². The molecule has 0 spiro atoms. The van der Waals surface area contributed by atoms with Gasteiger partial charge in [-0.2, -0.15) is 0 Å². The lowest BCUT2D eigenvalue weighted by Gasteiger charge is -2.32. The first-order valence-corrected chi connectivity index (χ1v) is 11.5. The van der Waals surface area contributed by atoms with Crippen LogP contribution in [0, 0.1) is 0 Å². The highest BCUT2D eigenvalue weighted by Gasteiger charge is 2.46. The second-order valence-corrected chi connectivity index (χ2v) is 8.82. The highest BCUT2D eigenvalue weighted by Crippen LogP contribution is 2.33. The largest absolute Gasteiger partial charge is 0.493 e. The van der Waals surface area contributed by atoms with E-state index in [1.807, 2.05) is 24.3 Å². The number of likely N-dealkylation sites (N-methyl/N-ethyl adjacent to an activating group) is 1. The second-order valence-electron chi connectivity index (χ2n) is 8.82. The van der Waals surface area contributed by atoms with Crippen LogP contribution in [-0.4, -0.2) is 83.3 Å². The number of ether oxygens (including phenoxy) is 2. The van der Waals surface area contributed by atoms with Gasteiger partial charge in [-0.25, -0.2) is 4.79 Å². The first-order chi connectivity index (χ1) is 16.3. The van der Waals surface area contributed by atoms with Crippen molar-refractivity contribution in [3.63, 3.8) is 0 Å². The minimum Gasteiger partial charge on any atom is -0.493 e. The molecule has 5 atom stereocenters. The number of nitrogens with one attached hydrogen (secondary N) is 2. The summed E-state index contributed by atoms with van der Waals surface area (Å²) < 4.78 is 11.5. The van der Waals surface area contributed by atoms with E-state index in [0.717, 1.165) is 16.2 Å². The van der Waals surface area contributed by atoms with Gasteiger partial charge < -0.3 is 30.1 Å². The Labute approximate surface area is 197 Å². The van der Waals surface area contributed by atoms with Crippen LogP contribution >= 0.6 is 0 Å². The molecule has 4 rings (SSSR count). The van der Waals surface area contributed by atoms with Crippen molar-refractivity contribution >= 4 is 23.8 Å². The van der Waals surface area contributed by atoms with Crippen molar-refractivity contribution in [2.24, 2.45) is 0 Å². The number of hydrogen-bond acceptors (Lipinski definition) is 6. The van der Waals surface area contributed by atoms with Crippen LogP contribution in [0.3, 0.4) is 0 Å². The Bertz CT molecular complexity index is 970. The van der Waals surface area contributed by atoms with Gasteiger partial charge in [-0.15, -0.1) is 0 Å². The highest BCUT2D eigenvalue weighted by molar-refractivity contribution is 5.94. The van der Waals surface area contributed by atoms with Crippen molar-refractivity contribution in [1.82, 2.24) is 20.4 Å². The molecule has 3 aliphatic rings. The summed E-state index contributed by atoms with van der Waals surface area (Å²) in [6.07, 6.45) is 0.0501. The maximum absolute atomic E-state index is 13.4. The van der Waals surface area contributed by atoms with Gasteiger partial charge in [-0.3, -0.25) is 19.3 Å². The van der Waals surface area contributed by atoms with Crippen LogP contribution in [0.2, 0.25) is 0 Å². The van der Waals surface area contributed by atoms with Crippen LogP contribution in [0.25, 0.3) is 0 Å². The summed E-state index contributed by atoms with van der Waals surface area (Å²) >= 11 is 0. The minimum absolute atomic E-state index is 0.220. The van der Waals surface area contributed by atoms with Gasteiger partial charge in [0.1, 0.15) is 30.1 Å². The van der Waals surface area contributed by atoms with E-state index in [1.54, 1.807) is 0 Å². The Morgan fingerprint density at radius 2 is 1.82 bits per heavy atom. The van der Waals surface area contributed by atoms with Gasteiger partial charge >= 0.3 is 6.09 Å². The predicted octanol–water partition coefficient (Wildman–Crippen LogP) is 0.847. The van der Waals surface area contributed by atoms with E-state index in [9.17, 15) is 19.2 Å². The van der Waals surface area contributed by atoms with Crippen molar-refractivity contribution in [1.29, 1.82) is 0 Å². The fourth-order valence-corrected chi connectivity index (χ4v) is 4.65. The minimum atomic E-state index is -1.25. The molecule has 4 amide bonds. The number of benzene rings is 1. The number of nitrogens with zero attached hydrogens (tertiary/aromatic N) is 2. The average molecular weight is 475 g/mol. The van der Waals surface area contributed by atoms with Gasteiger partial charge in [0.15, 0.2) is 0 Å². The van der Waals surface area contributed by atoms with Gasteiger partial charge in [0, 0.05) is 25.5 Å². The van der Waals surface area contributed by atoms with Crippen LogP contribution < -0.4 is 15.4 Å². The van der Waals surface area contributed by atoms with Crippen molar-refractivity contribution < 1.29 is 33.8 Å². The molecule has 0 unspecified atom stereocenters. The first-order valence-electron chi connectivity index (χ1n) is 11.5. The lowest BCUT2D eigenvalue weighted by molar-refractivity contribution is -0.149. The molecule has 3 heterocycles. The van der Waals surface area contributed by atoms with Gasteiger partial charge in [0.05, 0.1) is 19.3 Å². The topological polar surface area (TPSA) is 138 Å². The summed E-state index contributed by atoms with van der Waals surface area (Å²) in [5.41, 5.74) is 0.900. The zero-order valence-corrected chi connectivity index (χ0v) is 19.2. The summed E-state index contributed by atoms with van der Waals surface area (Å²) in [7, 11) is 1.29. The first kappa shape index (κ1) is 23.8. The van der Waals surface area contributed by atoms with Crippen LogP contribution in [0.4, 0.5) is 4.79 Å². The molecular formula is C23H30N4O7. The van der Waals surface area contributed by atoms with Crippen LogP contribution in [0.15, 0.2) is 24.3 Å². The molecule has 0 aliphatic carbocycles. The highest BCUT2D eigenvalue weighted by atomic mass is 16.5. The Hall–Kier alpha value is -3.34. The number of carbonyl (C=O) groups excluding carboxylic acids is 3. The molecule has 0 radical (unpaired) electrons. The van der Waals surface area contributed by atoms with E-state index in [0.29, 0.717) is 25.9 Å².